The fourth-order valence-electron chi connectivity index (χ4n) is 8.75. The normalized spacial score (nSPS) is 11.6. The van der Waals surface area contributed by atoms with E-state index in [0.717, 1.165) is 17.1 Å². The van der Waals surface area contributed by atoms with Crippen LogP contribution in [-0.4, -0.2) is 0 Å². The molecule has 0 spiro atoms. The van der Waals surface area contributed by atoms with Crippen molar-refractivity contribution in [2.24, 2.45) is 0 Å². The van der Waals surface area contributed by atoms with Crippen molar-refractivity contribution < 1.29 is 0 Å². The maximum Gasteiger partial charge on any atom is 0.0540 e. The van der Waals surface area contributed by atoms with Crippen LogP contribution >= 0.6 is 11.3 Å². The number of para-hydroxylation sites is 1. The van der Waals surface area contributed by atoms with Crippen molar-refractivity contribution in [3.63, 3.8) is 0 Å². The van der Waals surface area contributed by atoms with Crippen molar-refractivity contribution in [1.29, 1.82) is 0 Å². The standard InChI is InChI=1S/C54H35NS/c1-3-17-37(18-4-1)53-46-26-10-9-24-43(46)44-32-30-39(34-48(44)54(53)38-19-5-2-6-20-38)42-23-11-13-27-49(42)55(50-28-15-21-36-16-7-8-22-41(36)50)40-31-33-52-47(35-40)45-25-12-14-29-51(45)56-52/h1-35H. The van der Waals surface area contributed by atoms with Gasteiger partial charge in [-0.1, -0.05) is 170 Å². The first-order valence-electron chi connectivity index (χ1n) is 19.2. The Balaban J connectivity index is 1.20. The second-order valence-electron chi connectivity index (χ2n) is 14.4. The summed E-state index contributed by atoms with van der Waals surface area (Å²) >= 11 is 1.86. The molecule has 0 aliphatic rings. The zero-order valence-electron chi connectivity index (χ0n) is 30.6. The van der Waals surface area contributed by atoms with Crippen molar-refractivity contribution in [1.82, 2.24) is 0 Å². The van der Waals surface area contributed by atoms with Crippen LogP contribution < -0.4 is 4.90 Å². The fourth-order valence-corrected chi connectivity index (χ4v) is 9.83. The number of thiophene rings is 1. The molecule has 0 fully saturated rings. The zero-order chi connectivity index (χ0) is 37.0. The van der Waals surface area contributed by atoms with E-state index in [1.165, 1.54) is 85.9 Å². The van der Waals surface area contributed by atoms with Gasteiger partial charge in [-0.05, 0) is 97.2 Å². The third kappa shape index (κ3) is 5.30. The van der Waals surface area contributed by atoms with E-state index in [0.29, 0.717) is 0 Å². The molecule has 262 valence electrons. The minimum Gasteiger partial charge on any atom is -0.309 e. The van der Waals surface area contributed by atoms with Crippen molar-refractivity contribution in [3.8, 4) is 33.4 Å². The van der Waals surface area contributed by atoms with Gasteiger partial charge in [0.15, 0.2) is 0 Å². The van der Waals surface area contributed by atoms with Crippen molar-refractivity contribution >= 4 is 80.9 Å². The molecule has 11 rings (SSSR count). The molecule has 0 unspecified atom stereocenters. The molecule has 0 saturated heterocycles. The Morgan fingerprint density at radius 1 is 0.304 bits per heavy atom. The molecule has 56 heavy (non-hydrogen) atoms. The van der Waals surface area contributed by atoms with Gasteiger partial charge in [0.1, 0.15) is 0 Å². The molecular weight excluding hydrogens is 695 g/mol. The lowest BCUT2D eigenvalue weighted by atomic mass is 9.84. The SMILES string of the molecule is c1ccc(-c2c(-c3ccccc3)c3cc(-c4ccccc4N(c4ccc5sc6ccccc6c5c4)c4cccc5ccccc45)ccc3c3ccccc23)cc1. The molecule has 0 amide bonds. The van der Waals surface area contributed by atoms with Gasteiger partial charge in [0, 0.05) is 36.8 Å². The summed E-state index contributed by atoms with van der Waals surface area (Å²) in [7, 11) is 0. The van der Waals surface area contributed by atoms with Gasteiger partial charge in [-0.3, -0.25) is 0 Å². The molecule has 1 aromatic heterocycles. The molecule has 0 saturated carbocycles. The van der Waals surface area contributed by atoms with Crippen LogP contribution in [-0.2, 0) is 0 Å². The first-order chi connectivity index (χ1) is 27.8. The minimum absolute atomic E-state index is 1.13. The molecule has 0 atom stereocenters. The van der Waals surface area contributed by atoms with Gasteiger partial charge in [0.05, 0.1) is 11.4 Å². The Hall–Kier alpha value is -7.00. The van der Waals surface area contributed by atoms with Crippen LogP contribution in [0.2, 0.25) is 0 Å². The van der Waals surface area contributed by atoms with Crippen LogP contribution in [0.25, 0.3) is 85.9 Å². The summed E-state index contributed by atoms with van der Waals surface area (Å²) in [4.78, 5) is 2.47. The Morgan fingerprint density at radius 2 is 0.875 bits per heavy atom. The second-order valence-corrected chi connectivity index (χ2v) is 15.5. The summed E-state index contributed by atoms with van der Waals surface area (Å²) in [5, 5.41) is 10.0. The highest BCUT2D eigenvalue weighted by Gasteiger charge is 2.22. The number of hydrogen-bond donors (Lipinski definition) is 0. The molecule has 2 heteroatoms. The van der Waals surface area contributed by atoms with E-state index in [4.69, 9.17) is 0 Å². The largest absolute Gasteiger partial charge is 0.309 e. The van der Waals surface area contributed by atoms with Crippen LogP contribution in [0.3, 0.4) is 0 Å². The molecule has 0 N–H and O–H groups in total. The Kier molecular flexibility index (Phi) is 7.75. The number of fused-ring (bicyclic) bond motifs is 7. The smallest absolute Gasteiger partial charge is 0.0540 e. The van der Waals surface area contributed by atoms with E-state index in [-0.39, 0.29) is 0 Å². The van der Waals surface area contributed by atoms with E-state index in [9.17, 15) is 0 Å². The lowest BCUT2D eigenvalue weighted by molar-refractivity contribution is 1.30. The molecule has 11 aromatic rings. The third-order valence-electron chi connectivity index (χ3n) is 11.2. The monoisotopic (exact) mass is 729 g/mol. The second kappa shape index (κ2) is 13.4. The van der Waals surface area contributed by atoms with Gasteiger partial charge in [-0.2, -0.15) is 0 Å². The van der Waals surface area contributed by atoms with Gasteiger partial charge < -0.3 is 4.90 Å². The predicted molar refractivity (Wildman–Crippen MR) is 243 cm³/mol. The van der Waals surface area contributed by atoms with Crippen LogP contribution in [0.5, 0.6) is 0 Å². The van der Waals surface area contributed by atoms with Crippen LogP contribution in [0, 0.1) is 0 Å². The third-order valence-corrected chi connectivity index (χ3v) is 12.4. The molecule has 0 radical (unpaired) electrons. The lowest BCUT2D eigenvalue weighted by Crippen LogP contribution is -2.11. The van der Waals surface area contributed by atoms with E-state index in [1.807, 2.05) is 11.3 Å². The molecule has 10 aromatic carbocycles. The molecule has 1 heterocycles. The quantitative estimate of drug-likeness (QED) is 0.154. The molecular formula is C54H35NS. The van der Waals surface area contributed by atoms with Gasteiger partial charge in [0.25, 0.3) is 0 Å². The summed E-state index contributed by atoms with van der Waals surface area (Å²) in [5.74, 6) is 0. The van der Waals surface area contributed by atoms with E-state index < -0.39 is 0 Å². The predicted octanol–water partition coefficient (Wildman–Crippen LogP) is 16.0. The first kappa shape index (κ1) is 32.4. The number of nitrogens with zero attached hydrogens (tertiary/aromatic N) is 1. The highest BCUT2D eigenvalue weighted by atomic mass is 32.1. The van der Waals surface area contributed by atoms with E-state index in [1.54, 1.807) is 0 Å². The summed E-state index contributed by atoms with van der Waals surface area (Å²) in [6, 6.07) is 77.8. The maximum atomic E-state index is 2.47. The van der Waals surface area contributed by atoms with Crippen molar-refractivity contribution in [3.05, 3.63) is 212 Å². The van der Waals surface area contributed by atoms with Gasteiger partial charge in [0.2, 0.25) is 0 Å². The highest BCUT2D eigenvalue weighted by molar-refractivity contribution is 7.25. The average molecular weight is 730 g/mol. The average Bonchev–Trinajstić information content (AvgIpc) is 3.65. The molecule has 0 bridgehead atoms. The number of benzene rings is 10. The van der Waals surface area contributed by atoms with E-state index in [2.05, 4.69) is 217 Å². The molecule has 0 aliphatic carbocycles. The van der Waals surface area contributed by atoms with Gasteiger partial charge in [-0.15, -0.1) is 11.3 Å². The van der Waals surface area contributed by atoms with Crippen molar-refractivity contribution in [2.45, 2.75) is 0 Å². The Morgan fingerprint density at radius 3 is 1.68 bits per heavy atom. The Bertz CT molecular complexity index is 3250. The summed E-state index contributed by atoms with van der Waals surface area (Å²) in [6.07, 6.45) is 0. The Labute approximate surface area is 330 Å². The van der Waals surface area contributed by atoms with Crippen LogP contribution in [0.4, 0.5) is 17.1 Å². The highest BCUT2D eigenvalue weighted by Crippen LogP contribution is 2.49. The maximum absolute atomic E-state index is 2.47. The molecule has 0 aliphatic heterocycles. The van der Waals surface area contributed by atoms with Crippen LogP contribution in [0.15, 0.2) is 212 Å². The summed E-state index contributed by atoms with van der Waals surface area (Å²) in [5.41, 5.74) is 10.7. The summed E-state index contributed by atoms with van der Waals surface area (Å²) < 4.78 is 2.61. The van der Waals surface area contributed by atoms with Crippen molar-refractivity contribution in [2.75, 3.05) is 4.90 Å². The molecule has 1 nitrogen and oxygen atoms in total. The minimum atomic E-state index is 1.13. The van der Waals surface area contributed by atoms with Gasteiger partial charge >= 0.3 is 0 Å². The van der Waals surface area contributed by atoms with E-state index >= 15 is 0 Å². The zero-order valence-corrected chi connectivity index (χ0v) is 31.4. The fraction of sp³-hybridized carbons (Fsp3) is 0. The number of hydrogen-bond acceptors (Lipinski definition) is 2. The lowest BCUT2D eigenvalue weighted by Gasteiger charge is -2.29. The van der Waals surface area contributed by atoms with Gasteiger partial charge in [-0.25, -0.2) is 0 Å². The summed E-state index contributed by atoms with van der Waals surface area (Å²) in [6.45, 7) is 0. The number of rotatable bonds is 6. The number of anilines is 3. The topological polar surface area (TPSA) is 3.24 Å². The van der Waals surface area contributed by atoms with Crippen LogP contribution in [0.1, 0.15) is 0 Å². The first-order valence-corrected chi connectivity index (χ1v) is 20.0.